The lowest BCUT2D eigenvalue weighted by atomic mass is 9.99. The van der Waals surface area contributed by atoms with Gasteiger partial charge in [0.25, 0.3) is 0 Å². The molecule has 2 saturated carbocycles. The van der Waals surface area contributed by atoms with E-state index in [1.807, 2.05) is 7.05 Å². The zero-order valence-electron chi connectivity index (χ0n) is 11.8. The SMILES string of the molecule is Cn1nc(C2C3CCCC32)c(-c2cccc(Cl)c2F)c1N. The van der Waals surface area contributed by atoms with Gasteiger partial charge >= 0.3 is 0 Å². The normalized spacial score (nSPS) is 26.9. The van der Waals surface area contributed by atoms with Crippen molar-refractivity contribution < 1.29 is 4.39 Å². The van der Waals surface area contributed by atoms with Crippen molar-refractivity contribution in [3.63, 3.8) is 0 Å². The number of hydrogen-bond donors (Lipinski definition) is 1. The Morgan fingerprint density at radius 3 is 2.76 bits per heavy atom. The molecule has 4 rings (SSSR count). The van der Waals surface area contributed by atoms with Crippen molar-refractivity contribution in [1.82, 2.24) is 9.78 Å². The molecule has 1 heterocycles. The Hall–Kier alpha value is -1.55. The number of nitrogen functional groups attached to an aromatic ring is 1. The average Bonchev–Trinajstić information content (AvgIpc) is 2.80. The maximum absolute atomic E-state index is 14.4. The van der Waals surface area contributed by atoms with Crippen molar-refractivity contribution in [1.29, 1.82) is 0 Å². The Morgan fingerprint density at radius 2 is 2.05 bits per heavy atom. The molecule has 5 heteroatoms. The molecule has 2 N–H and O–H groups in total. The molecule has 21 heavy (non-hydrogen) atoms. The molecule has 0 saturated heterocycles. The number of anilines is 1. The van der Waals surface area contributed by atoms with Crippen LogP contribution in [0.25, 0.3) is 11.1 Å². The van der Waals surface area contributed by atoms with Crippen LogP contribution in [0.2, 0.25) is 5.02 Å². The van der Waals surface area contributed by atoms with E-state index in [1.54, 1.807) is 22.9 Å². The zero-order valence-corrected chi connectivity index (χ0v) is 12.6. The molecule has 110 valence electrons. The Balaban J connectivity index is 1.86. The van der Waals surface area contributed by atoms with E-state index >= 15 is 0 Å². The van der Waals surface area contributed by atoms with E-state index in [0.29, 0.717) is 29.1 Å². The molecule has 0 spiro atoms. The van der Waals surface area contributed by atoms with E-state index < -0.39 is 5.82 Å². The highest BCUT2D eigenvalue weighted by Gasteiger charge is 2.55. The summed E-state index contributed by atoms with van der Waals surface area (Å²) in [5.41, 5.74) is 8.31. The smallest absolute Gasteiger partial charge is 0.149 e. The standard InChI is InChI=1S/C16H17ClFN3/c1-21-16(19)13(10-6-3-7-11(17)14(10)18)15(20-21)12-8-4-2-5-9(8)12/h3,6-9,12H,2,4-5,19H2,1H3. The van der Waals surface area contributed by atoms with Crippen LogP contribution in [-0.4, -0.2) is 9.78 Å². The predicted octanol–water partition coefficient (Wildman–Crippen LogP) is 3.98. The number of aromatic nitrogens is 2. The van der Waals surface area contributed by atoms with Gasteiger partial charge in [-0.2, -0.15) is 5.10 Å². The third-order valence-electron chi connectivity index (χ3n) is 5.06. The van der Waals surface area contributed by atoms with Crippen molar-refractivity contribution in [2.75, 3.05) is 5.73 Å². The molecule has 2 aromatic rings. The first-order chi connectivity index (χ1) is 10.1. The van der Waals surface area contributed by atoms with Crippen LogP contribution in [0.15, 0.2) is 18.2 Å². The van der Waals surface area contributed by atoms with Crippen LogP contribution in [0.5, 0.6) is 0 Å². The van der Waals surface area contributed by atoms with E-state index in [1.165, 1.54) is 19.3 Å². The highest BCUT2D eigenvalue weighted by molar-refractivity contribution is 6.31. The number of aryl methyl sites for hydroxylation is 1. The summed E-state index contributed by atoms with van der Waals surface area (Å²) in [5, 5.41) is 4.71. The molecule has 2 atom stereocenters. The second-order valence-corrected chi connectivity index (χ2v) is 6.56. The quantitative estimate of drug-likeness (QED) is 0.912. The van der Waals surface area contributed by atoms with Crippen LogP contribution in [0.4, 0.5) is 10.2 Å². The minimum absolute atomic E-state index is 0.123. The lowest BCUT2D eigenvalue weighted by molar-refractivity contribution is 0.630. The van der Waals surface area contributed by atoms with Gasteiger partial charge in [-0.3, -0.25) is 4.68 Å². The molecule has 1 aromatic heterocycles. The van der Waals surface area contributed by atoms with E-state index in [0.717, 1.165) is 11.3 Å². The number of hydrogen-bond acceptors (Lipinski definition) is 2. The number of nitrogens with two attached hydrogens (primary N) is 1. The fourth-order valence-electron chi connectivity index (χ4n) is 3.99. The van der Waals surface area contributed by atoms with E-state index in [9.17, 15) is 4.39 Å². The van der Waals surface area contributed by atoms with Crippen molar-refractivity contribution >= 4 is 17.4 Å². The van der Waals surface area contributed by atoms with E-state index in [2.05, 4.69) is 5.10 Å². The Kier molecular flexibility index (Phi) is 2.80. The lowest BCUT2D eigenvalue weighted by Crippen LogP contribution is -1.98. The maximum atomic E-state index is 14.4. The molecule has 0 radical (unpaired) electrons. The summed E-state index contributed by atoms with van der Waals surface area (Å²) in [6.07, 6.45) is 3.81. The van der Waals surface area contributed by atoms with Gasteiger partial charge in [-0.25, -0.2) is 4.39 Å². The van der Waals surface area contributed by atoms with Gasteiger partial charge in [-0.05, 0) is 30.7 Å². The van der Waals surface area contributed by atoms with Gasteiger partial charge in [0.1, 0.15) is 11.6 Å². The third kappa shape index (κ3) is 1.81. The number of benzene rings is 1. The summed E-state index contributed by atoms with van der Waals surface area (Å²) in [4.78, 5) is 0. The number of rotatable bonds is 2. The maximum Gasteiger partial charge on any atom is 0.149 e. The van der Waals surface area contributed by atoms with Crippen LogP contribution >= 0.6 is 11.6 Å². The molecule has 0 bridgehead atoms. The summed E-state index contributed by atoms with van der Waals surface area (Å²) in [6, 6.07) is 5.04. The molecule has 0 amide bonds. The molecule has 2 aliphatic rings. The van der Waals surface area contributed by atoms with Crippen molar-refractivity contribution in [2.45, 2.75) is 25.2 Å². The highest BCUT2D eigenvalue weighted by Crippen LogP contribution is 2.64. The van der Waals surface area contributed by atoms with Gasteiger partial charge in [0, 0.05) is 18.5 Å². The second-order valence-electron chi connectivity index (χ2n) is 6.15. The summed E-state index contributed by atoms with van der Waals surface area (Å²) >= 11 is 5.92. The average molecular weight is 306 g/mol. The van der Waals surface area contributed by atoms with Crippen molar-refractivity contribution in [2.24, 2.45) is 18.9 Å². The van der Waals surface area contributed by atoms with Crippen LogP contribution < -0.4 is 5.73 Å². The van der Waals surface area contributed by atoms with E-state index in [-0.39, 0.29) is 5.02 Å². The Morgan fingerprint density at radius 1 is 1.33 bits per heavy atom. The fraction of sp³-hybridized carbons (Fsp3) is 0.438. The molecular formula is C16H17ClFN3. The predicted molar refractivity (Wildman–Crippen MR) is 81.6 cm³/mol. The molecular weight excluding hydrogens is 289 g/mol. The molecule has 2 fully saturated rings. The molecule has 1 aromatic carbocycles. The zero-order chi connectivity index (χ0) is 14.7. The second kappa shape index (κ2) is 4.47. The minimum atomic E-state index is -0.411. The van der Waals surface area contributed by atoms with Gasteiger partial charge in [0.15, 0.2) is 0 Å². The monoisotopic (exact) mass is 305 g/mol. The summed E-state index contributed by atoms with van der Waals surface area (Å²) < 4.78 is 16.1. The van der Waals surface area contributed by atoms with Gasteiger partial charge in [-0.1, -0.05) is 30.2 Å². The fourth-order valence-corrected chi connectivity index (χ4v) is 4.17. The van der Waals surface area contributed by atoms with Crippen LogP contribution in [-0.2, 0) is 7.05 Å². The highest BCUT2D eigenvalue weighted by atomic mass is 35.5. The molecule has 2 unspecified atom stereocenters. The first-order valence-electron chi connectivity index (χ1n) is 7.36. The van der Waals surface area contributed by atoms with Crippen LogP contribution in [0.1, 0.15) is 30.9 Å². The first kappa shape index (κ1) is 13.1. The number of halogens is 2. The Bertz CT molecular complexity index is 715. The first-order valence-corrected chi connectivity index (χ1v) is 7.74. The topological polar surface area (TPSA) is 43.8 Å². The third-order valence-corrected chi connectivity index (χ3v) is 5.35. The minimum Gasteiger partial charge on any atom is -0.383 e. The van der Waals surface area contributed by atoms with Gasteiger partial charge in [-0.15, -0.1) is 0 Å². The van der Waals surface area contributed by atoms with Crippen molar-refractivity contribution in [3.8, 4) is 11.1 Å². The summed E-state index contributed by atoms with van der Waals surface area (Å²) in [6.45, 7) is 0. The van der Waals surface area contributed by atoms with Crippen LogP contribution in [0.3, 0.4) is 0 Å². The van der Waals surface area contributed by atoms with Gasteiger partial charge in [0.05, 0.1) is 16.3 Å². The largest absolute Gasteiger partial charge is 0.383 e. The molecule has 3 nitrogen and oxygen atoms in total. The molecule has 0 aliphatic heterocycles. The lowest BCUT2D eigenvalue weighted by Gasteiger charge is -2.08. The van der Waals surface area contributed by atoms with Gasteiger partial charge in [0.2, 0.25) is 0 Å². The number of fused-ring (bicyclic) bond motifs is 1. The summed E-state index contributed by atoms with van der Waals surface area (Å²) in [7, 11) is 1.81. The van der Waals surface area contributed by atoms with Gasteiger partial charge < -0.3 is 5.73 Å². The molecule has 2 aliphatic carbocycles. The Labute approximate surface area is 127 Å². The summed E-state index contributed by atoms with van der Waals surface area (Å²) in [5.74, 6) is 1.96. The van der Waals surface area contributed by atoms with E-state index in [4.69, 9.17) is 17.3 Å². The number of nitrogens with zero attached hydrogens (tertiary/aromatic N) is 2. The van der Waals surface area contributed by atoms with Crippen molar-refractivity contribution in [3.05, 3.63) is 34.7 Å². The van der Waals surface area contributed by atoms with Crippen LogP contribution in [0, 0.1) is 17.7 Å².